The minimum absolute atomic E-state index is 0.00491. The highest BCUT2D eigenvalue weighted by Crippen LogP contribution is 2.37. The van der Waals surface area contributed by atoms with E-state index in [1.165, 1.54) is 7.11 Å². The summed E-state index contributed by atoms with van der Waals surface area (Å²) < 4.78 is 15.7. The third kappa shape index (κ3) is 0.800. The molecule has 0 N–H and O–H groups in total. The van der Waals surface area contributed by atoms with Gasteiger partial charge in [0.2, 0.25) is 0 Å². The van der Waals surface area contributed by atoms with Crippen LogP contribution in [0.4, 0.5) is 0 Å². The number of hydrogen-bond donors (Lipinski definition) is 0. The molecule has 4 nitrogen and oxygen atoms in total. The van der Waals surface area contributed by atoms with E-state index in [-0.39, 0.29) is 18.0 Å². The molecule has 1 saturated heterocycles. The van der Waals surface area contributed by atoms with Crippen LogP contribution in [0.15, 0.2) is 0 Å². The molecule has 1 heterocycles. The Morgan fingerprint density at radius 1 is 1.50 bits per heavy atom. The van der Waals surface area contributed by atoms with E-state index < -0.39 is 5.60 Å². The molecule has 1 aliphatic heterocycles. The van der Waals surface area contributed by atoms with Crippen molar-refractivity contribution >= 4 is 5.78 Å². The van der Waals surface area contributed by atoms with E-state index in [0.717, 1.165) is 0 Å². The maximum Gasteiger partial charge on any atom is 0.198 e. The number of hydrogen-bond acceptors (Lipinski definition) is 4. The summed E-state index contributed by atoms with van der Waals surface area (Å²) in [5.41, 5.74) is -0.773. The molecule has 1 saturated carbocycles. The molecule has 12 heavy (non-hydrogen) atoms. The standard InChI is InChI=1S/C8H12O4/c1-8(10-2)6(9)5-7(8)12-4-3-11-5/h5,7H,3-4H2,1-2H3/t5-,7+,8-/m1/s1. The highest BCUT2D eigenvalue weighted by atomic mass is 16.6. The van der Waals surface area contributed by atoms with Gasteiger partial charge in [-0.1, -0.05) is 0 Å². The van der Waals surface area contributed by atoms with Crippen molar-refractivity contribution in [3.63, 3.8) is 0 Å². The number of ether oxygens (including phenoxy) is 3. The molecule has 0 aromatic heterocycles. The number of Topliss-reactive ketones (excluding diaryl/α,β-unsaturated/α-hetero) is 1. The van der Waals surface area contributed by atoms with Gasteiger partial charge in [-0.25, -0.2) is 0 Å². The third-order valence-corrected chi connectivity index (χ3v) is 2.67. The van der Waals surface area contributed by atoms with Crippen molar-refractivity contribution in [3.05, 3.63) is 0 Å². The Morgan fingerprint density at radius 3 is 2.83 bits per heavy atom. The van der Waals surface area contributed by atoms with Gasteiger partial charge in [0.25, 0.3) is 0 Å². The van der Waals surface area contributed by atoms with E-state index in [0.29, 0.717) is 13.2 Å². The van der Waals surface area contributed by atoms with Crippen molar-refractivity contribution < 1.29 is 19.0 Å². The second-order valence-electron chi connectivity index (χ2n) is 3.26. The van der Waals surface area contributed by atoms with Crippen molar-refractivity contribution in [2.45, 2.75) is 24.7 Å². The lowest BCUT2D eigenvalue weighted by Gasteiger charge is -2.50. The van der Waals surface area contributed by atoms with Crippen molar-refractivity contribution in [2.24, 2.45) is 0 Å². The Balaban J connectivity index is 2.15. The molecule has 2 fully saturated rings. The normalized spacial score (nSPS) is 46.7. The van der Waals surface area contributed by atoms with Crippen molar-refractivity contribution in [3.8, 4) is 0 Å². The molecule has 0 aromatic rings. The van der Waals surface area contributed by atoms with Crippen molar-refractivity contribution in [1.29, 1.82) is 0 Å². The van der Waals surface area contributed by atoms with E-state index >= 15 is 0 Å². The van der Waals surface area contributed by atoms with E-state index in [2.05, 4.69) is 0 Å². The van der Waals surface area contributed by atoms with Gasteiger partial charge in [-0.2, -0.15) is 0 Å². The predicted molar refractivity (Wildman–Crippen MR) is 39.9 cm³/mol. The molecule has 3 atom stereocenters. The fraction of sp³-hybridized carbons (Fsp3) is 0.875. The van der Waals surface area contributed by atoms with Gasteiger partial charge in [-0.05, 0) is 6.92 Å². The lowest BCUT2D eigenvalue weighted by Crippen LogP contribution is -2.73. The summed E-state index contributed by atoms with van der Waals surface area (Å²) in [5.74, 6) is -0.00491. The van der Waals surface area contributed by atoms with Gasteiger partial charge in [0.1, 0.15) is 12.2 Å². The molecular formula is C8H12O4. The Hall–Kier alpha value is -0.450. The maximum absolute atomic E-state index is 11.4. The van der Waals surface area contributed by atoms with Gasteiger partial charge < -0.3 is 14.2 Å². The minimum atomic E-state index is -0.773. The molecule has 0 bridgehead atoms. The number of methoxy groups -OCH3 is 1. The summed E-state index contributed by atoms with van der Waals surface area (Å²) in [6, 6.07) is 0. The predicted octanol–water partition coefficient (Wildman–Crippen LogP) is -0.242. The molecular weight excluding hydrogens is 160 g/mol. The molecule has 0 unspecified atom stereocenters. The summed E-state index contributed by atoms with van der Waals surface area (Å²) in [6.45, 7) is 2.80. The summed E-state index contributed by atoms with van der Waals surface area (Å²) >= 11 is 0. The fourth-order valence-corrected chi connectivity index (χ4v) is 1.73. The number of fused-ring (bicyclic) bond motifs is 1. The molecule has 2 aliphatic rings. The van der Waals surface area contributed by atoms with E-state index in [1.807, 2.05) is 0 Å². The smallest absolute Gasteiger partial charge is 0.198 e. The Bertz CT molecular complexity index is 215. The monoisotopic (exact) mass is 172 g/mol. The van der Waals surface area contributed by atoms with Crippen LogP contribution in [0.25, 0.3) is 0 Å². The van der Waals surface area contributed by atoms with E-state index in [1.54, 1.807) is 6.92 Å². The highest BCUT2D eigenvalue weighted by molar-refractivity contribution is 5.99. The summed E-state index contributed by atoms with van der Waals surface area (Å²) in [6.07, 6.45) is -0.590. The zero-order valence-corrected chi connectivity index (χ0v) is 7.20. The first kappa shape index (κ1) is 8.16. The number of carbonyl (C=O) groups excluding carboxylic acids is 1. The number of rotatable bonds is 1. The molecule has 0 amide bonds. The number of carbonyl (C=O) groups is 1. The van der Waals surface area contributed by atoms with Gasteiger partial charge in [0, 0.05) is 7.11 Å². The second kappa shape index (κ2) is 2.52. The van der Waals surface area contributed by atoms with Crippen LogP contribution in [0.5, 0.6) is 0 Å². The first-order valence-electron chi connectivity index (χ1n) is 4.03. The summed E-state index contributed by atoms with van der Waals surface area (Å²) in [4.78, 5) is 11.4. The molecule has 68 valence electrons. The van der Waals surface area contributed by atoms with E-state index in [9.17, 15) is 4.79 Å². The largest absolute Gasteiger partial charge is 0.369 e. The van der Waals surface area contributed by atoms with Crippen LogP contribution < -0.4 is 0 Å². The topological polar surface area (TPSA) is 44.8 Å². The van der Waals surface area contributed by atoms with Gasteiger partial charge in [0.15, 0.2) is 11.4 Å². The molecule has 0 spiro atoms. The van der Waals surface area contributed by atoms with Crippen LogP contribution in [0.1, 0.15) is 6.92 Å². The molecule has 4 heteroatoms. The van der Waals surface area contributed by atoms with Crippen molar-refractivity contribution in [2.75, 3.05) is 20.3 Å². The average Bonchev–Trinajstić information content (AvgIpc) is 2.16. The second-order valence-corrected chi connectivity index (χ2v) is 3.26. The first-order chi connectivity index (χ1) is 5.70. The van der Waals surface area contributed by atoms with Crippen LogP contribution >= 0.6 is 0 Å². The van der Waals surface area contributed by atoms with Crippen molar-refractivity contribution in [1.82, 2.24) is 0 Å². The zero-order valence-electron chi connectivity index (χ0n) is 7.20. The average molecular weight is 172 g/mol. The quantitative estimate of drug-likeness (QED) is 0.547. The van der Waals surface area contributed by atoms with Gasteiger partial charge in [-0.3, -0.25) is 4.79 Å². The van der Waals surface area contributed by atoms with Crippen LogP contribution in [0.3, 0.4) is 0 Å². The van der Waals surface area contributed by atoms with Gasteiger partial charge >= 0.3 is 0 Å². The first-order valence-corrected chi connectivity index (χ1v) is 4.03. The zero-order chi connectivity index (χ0) is 8.77. The Kier molecular flexibility index (Phi) is 1.71. The summed E-state index contributed by atoms with van der Waals surface area (Å²) in [7, 11) is 1.52. The molecule has 0 radical (unpaired) electrons. The molecule has 2 rings (SSSR count). The van der Waals surface area contributed by atoms with Crippen LogP contribution in [-0.2, 0) is 19.0 Å². The lowest BCUT2D eigenvalue weighted by molar-refractivity contribution is -0.255. The molecule has 0 aromatic carbocycles. The van der Waals surface area contributed by atoms with Gasteiger partial charge in [0.05, 0.1) is 13.2 Å². The van der Waals surface area contributed by atoms with Crippen LogP contribution in [-0.4, -0.2) is 43.9 Å². The number of ketones is 1. The third-order valence-electron chi connectivity index (χ3n) is 2.67. The van der Waals surface area contributed by atoms with Crippen LogP contribution in [0, 0.1) is 0 Å². The van der Waals surface area contributed by atoms with Gasteiger partial charge in [-0.15, -0.1) is 0 Å². The lowest BCUT2D eigenvalue weighted by atomic mass is 9.73. The fourth-order valence-electron chi connectivity index (χ4n) is 1.73. The highest BCUT2D eigenvalue weighted by Gasteiger charge is 2.62. The summed E-state index contributed by atoms with van der Waals surface area (Å²) in [5, 5.41) is 0. The minimum Gasteiger partial charge on any atom is -0.369 e. The Morgan fingerprint density at radius 2 is 2.17 bits per heavy atom. The van der Waals surface area contributed by atoms with E-state index in [4.69, 9.17) is 14.2 Å². The maximum atomic E-state index is 11.4. The Labute approximate surface area is 70.8 Å². The molecule has 1 aliphatic carbocycles. The SMILES string of the molecule is CO[C@]1(C)C(=O)[C@H]2OCCO[C@@H]21. The van der Waals surface area contributed by atoms with Crippen LogP contribution in [0.2, 0.25) is 0 Å².